The Kier molecular flexibility index (Phi) is 5.00. The number of nitrogens with one attached hydrogen (secondary N) is 1. The van der Waals surface area contributed by atoms with Crippen LogP contribution in [-0.4, -0.2) is 28.2 Å². The number of aromatic nitrogens is 1. The number of aromatic carboxylic acids is 1. The smallest absolute Gasteiger partial charge is 0.355 e. The predicted molar refractivity (Wildman–Crippen MR) is 63.6 cm³/mol. The van der Waals surface area contributed by atoms with E-state index in [1.165, 1.54) is 34.6 Å². The molecule has 0 saturated heterocycles. The molecule has 0 radical (unpaired) electrons. The normalized spacial score (nSPS) is 10.6. The van der Waals surface area contributed by atoms with E-state index >= 15 is 0 Å². The van der Waals surface area contributed by atoms with Crippen molar-refractivity contribution in [1.29, 1.82) is 0 Å². The van der Waals surface area contributed by atoms with Crippen LogP contribution in [0.4, 0.5) is 0 Å². The second-order valence-corrected chi connectivity index (χ2v) is 4.37. The first kappa shape index (κ1) is 12.7. The molecule has 0 aliphatic carbocycles. The Bertz CT molecular complexity index is 415. The van der Waals surface area contributed by atoms with Crippen molar-refractivity contribution in [3.8, 4) is 0 Å². The molecule has 86 valence electrons. The molecule has 0 aromatic carbocycles. The molecule has 0 spiro atoms. The lowest BCUT2D eigenvalue weighted by atomic mass is 10.5. The lowest BCUT2D eigenvalue weighted by molar-refractivity contribution is -0.116. The van der Waals surface area contributed by atoms with Gasteiger partial charge in [-0.25, -0.2) is 9.78 Å². The zero-order valence-corrected chi connectivity index (χ0v) is 10.1. The average molecular weight is 258 g/mol. The second kappa shape index (κ2) is 6.29. The maximum absolute atomic E-state index is 11.2. The van der Waals surface area contributed by atoms with Gasteiger partial charge in [0.05, 0.1) is 6.54 Å². The molecule has 1 amide bonds. The summed E-state index contributed by atoms with van der Waals surface area (Å²) >= 11 is 2.64. The minimum Gasteiger partial charge on any atom is -0.476 e. The number of carboxylic acid groups (broad SMARTS) is 1. The predicted octanol–water partition coefficient (Wildman–Crippen LogP) is 1.33. The molecule has 16 heavy (non-hydrogen) atoms. The molecule has 7 heteroatoms. The Labute approximate surface area is 101 Å². The van der Waals surface area contributed by atoms with Gasteiger partial charge in [0, 0.05) is 11.5 Å². The van der Waals surface area contributed by atoms with Crippen LogP contribution in [0.2, 0.25) is 0 Å². The van der Waals surface area contributed by atoms with Crippen LogP contribution in [0, 0.1) is 0 Å². The number of hydrogen-bond acceptors (Lipinski definition) is 5. The van der Waals surface area contributed by atoms with Gasteiger partial charge in [-0.3, -0.25) is 4.79 Å². The summed E-state index contributed by atoms with van der Waals surface area (Å²) in [4.78, 5) is 25.5. The fourth-order valence-electron chi connectivity index (χ4n) is 0.842. The highest BCUT2D eigenvalue weighted by Gasteiger charge is 2.08. The molecule has 2 N–H and O–H groups in total. The monoisotopic (exact) mass is 258 g/mol. The van der Waals surface area contributed by atoms with Crippen molar-refractivity contribution in [3.05, 3.63) is 27.6 Å². The van der Waals surface area contributed by atoms with Crippen LogP contribution in [0.15, 0.2) is 16.9 Å². The number of hydrogen-bond donors (Lipinski definition) is 2. The highest BCUT2D eigenvalue weighted by molar-refractivity contribution is 8.01. The molecule has 1 heterocycles. The molecular weight excluding hydrogens is 248 g/mol. The molecule has 0 unspecified atom stereocenters. The van der Waals surface area contributed by atoms with Crippen molar-refractivity contribution in [3.63, 3.8) is 0 Å². The summed E-state index contributed by atoms with van der Waals surface area (Å²) in [5.74, 6) is -1.28. The van der Waals surface area contributed by atoms with E-state index in [1.807, 2.05) is 6.26 Å². The number of rotatable bonds is 5. The maximum Gasteiger partial charge on any atom is 0.355 e. The van der Waals surface area contributed by atoms with Crippen molar-refractivity contribution in [1.82, 2.24) is 10.3 Å². The van der Waals surface area contributed by atoms with Crippen LogP contribution in [0.5, 0.6) is 0 Å². The first-order chi connectivity index (χ1) is 7.63. The first-order valence-corrected chi connectivity index (χ1v) is 6.45. The third-order valence-corrected chi connectivity index (χ3v) is 2.80. The van der Waals surface area contributed by atoms with Gasteiger partial charge in [-0.05, 0) is 11.7 Å². The fraction of sp³-hybridized carbons (Fsp3) is 0.222. The SMILES string of the molecule is CS/C=C/C(=O)NCc1nc(C(=O)O)cs1. The van der Waals surface area contributed by atoms with Crippen molar-refractivity contribution < 1.29 is 14.7 Å². The van der Waals surface area contributed by atoms with E-state index in [1.54, 1.807) is 5.41 Å². The maximum atomic E-state index is 11.2. The Morgan fingerprint density at radius 1 is 1.69 bits per heavy atom. The van der Waals surface area contributed by atoms with Gasteiger partial charge in [0.2, 0.25) is 5.91 Å². The molecule has 0 atom stereocenters. The Hall–Kier alpha value is -1.34. The largest absolute Gasteiger partial charge is 0.476 e. The van der Waals surface area contributed by atoms with Gasteiger partial charge in [-0.15, -0.1) is 23.1 Å². The zero-order chi connectivity index (χ0) is 12.0. The van der Waals surface area contributed by atoms with Crippen molar-refractivity contribution >= 4 is 35.0 Å². The van der Waals surface area contributed by atoms with E-state index in [-0.39, 0.29) is 18.1 Å². The Morgan fingerprint density at radius 3 is 3.00 bits per heavy atom. The third-order valence-electron chi connectivity index (χ3n) is 1.54. The number of nitrogens with zero attached hydrogens (tertiary/aromatic N) is 1. The standard InChI is InChI=1S/C9H10N2O3S2/c1-15-3-2-7(12)10-4-8-11-6(5-16-8)9(13)14/h2-3,5H,4H2,1H3,(H,10,12)(H,13,14)/b3-2+. The number of carboxylic acids is 1. The van der Waals surface area contributed by atoms with Crippen LogP contribution in [-0.2, 0) is 11.3 Å². The van der Waals surface area contributed by atoms with Crippen molar-refractivity contribution in [2.45, 2.75) is 6.54 Å². The molecule has 0 bridgehead atoms. The topological polar surface area (TPSA) is 79.3 Å². The van der Waals surface area contributed by atoms with E-state index in [0.717, 1.165) is 0 Å². The Morgan fingerprint density at radius 2 is 2.44 bits per heavy atom. The lowest BCUT2D eigenvalue weighted by Crippen LogP contribution is -2.20. The van der Waals surface area contributed by atoms with E-state index in [4.69, 9.17) is 5.11 Å². The van der Waals surface area contributed by atoms with E-state index in [0.29, 0.717) is 5.01 Å². The summed E-state index contributed by atoms with van der Waals surface area (Å²) in [6.45, 7) is 0.246. The van der Waals surface area contributed by atoms with Crippen LogP contribution in [0.3, 0.4) is 0 Å². The van der Waals surface area contributed by atoms with Gasteiger partial charge in [-0.1, -0.05) is 0 Å². The summed E-state index contributed by atoms with van der Waals surface area (Å²) in [5.41, 5.74) is 0.00825. The summed E-state index contributed by atoms with van der Waals surface area (Å²) in [7, 11) is 0. The third kappa shape index (κ3) is 4.03. The first-order valence-electron chi connectivity index (χ1n) is 4.28. The molecule has 0 aliphatic heterocycles. The summed E-state index contributed by atoms with van der Waals surface area (Å²) in [6, 6.07) is 0. The molecule has 1 aromatic heterocycles. The number of thioether (sulfide) groups is 1. The lowest BCUT2D eigenvalue weighted by Gasteiger charge is -1.97. The van der Waals surface area contributed by atoms with Crippen LogP contribution < -0.4 is 5.32 Å². The van der Waals surface area contributed by atoms with E-state index in [2.05, 4.69) is 10.3 Å². The Balaban J connectivity index is 2.45. The van der Waals surface area contributed by atoms with Crippen molar-refractivity contribution in [2.24, 2.45) is 0 Å². The van der Waals surface area contributed by atoms with Gasteiger partial charge in [0.1, 0.15) is 5.01 Å². The number of thiazole rings is 1. The molecule has 0 aliphatic rings. The van der Waals surface area contributed by atoms with Crippen LogP contribution in [0.1, 0.15) is 15.5 Å². The number of carbonyl (C=O) groups excluding carboxylic acids is 1. The molecular formula is C9H10N2O3S2. The average Bonchev–Trinajstić information content (AvgIpc) is 2.72. The molecule has 0 fully saturated rings. The van der Waals surface area contributed by atoms with E-state index < -0.39 is 5.97 Å². The van der Waals surface area contributed by atoms with Gasteiger partial charge < -0.3 is 10.4 Å². The van der Waals surface area contributed by atoms with Gasteiger partial charge >= 0.3 is 5.97 Å². The quantitative estimate of drug-likeness (QED) is 0.779. The second-order valence-electron chi connectivity index (χ2n) is 2.69. The number of amides is 1. The minimum absolute atomic E-state index is 0.00825. The highest BCUT2D eigenvalue weighted by atomic mass is 32.2. The summed E-state index contributed by atoms with van der Waals surface area (Å²) in [5, 5.41) is 14.9. The van der Waals surface area contributed by atoms with Gasteiger partial charge in [0.25, 0.3) is 0 Å². The van der Waals surface area contributed by atoms with Gasteiger partial charge in [-0.2, -0.15) is 0 Å². The van der Waals surface area contributed by atoms with Crippen LogP contribution >= 0.6 is 23.1 Å². The minimum atomic E-state index is -1.06. The van der Waals surface area contributed by atoms with Gasteiger partial charge in [0.15, 0.2) is 5.69 Å². The summed E-state index contributed by atoms with van der Waals surface area (Å²) < 4.78 is 0. The zero-order valence-electron chi connectivity index (χ0n) is 8.47. The molecule has 0 saturated carbocycles. The number of carbonyl (C=O) groups is 2. The molecule has 1 aromatic rings. The highest BCUT2D eigenvalue weighted by Crippen LogP contribution is 2.09. The summed E-state index contributed by atoms with van der Waals surface area (Å²) in [6.07, 6.45) is 3.26. The molecule has 5 nitrogen and oxygen atoms in total. The van der Waals surface area contributed by atoms with E-state index in [9.17, 15) is 9.59 Å². The molecule has 1 rings (SSSR count). The fourth-order valence-corrected chi connectivity index (χ4v) is 1.81. The van der Waals surface area contributed by atoms with Crippen LogP contribution in [0.25, 0.3) is 0 Å². The van der Waals surface area contributed by atoms with Crippen molar-refractivity contribution in [2.75, 3.05) is 6.26 Å².